The molecule has 1 aliphatic rings. The van der Waals surface area contributed by atoms with Gasteiger partial charge in [0.05, 0.1) is 0 Å². The van der Waals surface area contributed by atoms with Crippen LogP contribution in [0.5, 0.6) is 0 Å². The van der Waals surface area contributed by atoms with Crippen molar-refractivity contribution in [1.82, 2.24) is 4.90 Å². The van der Waals surface area contributed by atoms with E-state index in [0.717, 1.165) is 32.5 Å². The van der Waals surface area contributed by atoms with Crippen LogP contribution < -0.4 is 5.73 Å². The predicted molar refractivity (Wildman–Crippen MR) is 68.4 cm³/mol. The zero-order valence-electron chi connectivity index (χ0n) is 10.4. The highest BCUT2D eigenvalue weighted by atomic mass is 15.1. The normalized spacial score (nSPS) is 18.9. The van der Waals surface area contributed by atoms with Gasteiger partial charge in [-0.3, -0.25) is 4.90 Å². The Labute approximate surface area is 98.4 Å². The van der Waals surface area contributed by atoms with Crippen molar-refractivity contribution in [2.45, 2.75) is 39.3 Å². The number of aryl methyl sites for hydroxylation is 1. The van der Waals surface area contributed by atoms with E-state index in [1.54, 1.807) is 0 Å². The summed E-state index contributed by atoms with van der Waals surface area (Å²) in [6.07, 6.45) is 2.29. The molecule has 1 saturated heterocycles. The molecule has 88 valence electrons. The molecule has 0 unspecified atom stereocenters. The molecule has 2 N–H and O–H groups in total. The van der Waals surface area contributed by atoms with Crippen LogP contribution in [0, 0.1) is 13.8 Å². The van der Waals surface area contributed by atoms with Gasteiger partial charge in [-0.25, -0.2) is 0 Å². The van der Waals surface area contributed by atoms with Crippen molar-refractivity contribution >= 4 is 0 Å². The summed E-state index contributed by atoms with van der Waals surface area (Å²) in [5.41, 5.74) is 10.2. The number of rotatable bonds is 2. The molecule has 2 rings (SSSR count). The van der Waals surface area contributed by atoms with Gasteiger partial charge in [-0.1, -0.05) is 18.2 Å². The second kappa shape index (κ2) is 4.98. The van der Waals surface area contributed by atoms with Gasteiger partial charge in [-0.05, 0) is 56.5 Å². The van der Waals surface area contributed by atoms with E-state index in [4.69, 9.17) is 5.73 Å². The molecule has 1 aliphatic heterocycles. The van der Waals surface area contributed by atoms with E-state index >= 15 is 0 Å². The molecule has 0 spiro atoms. The highest BCUT2D eigenvalue weighted by molar-refractivity contribution is 5.33. The van der Waals surface area contributed by atoms with E-state index in [9.17, 15) is 0 Å². The number of hydrogen-bond donors (Lipinski definition) is 1. The minimum atomic E-state index is 0.426. The molecule has 0 radical (unpaired) electrons. The SMILES string of the molecule is Cc1cccc(CN2CCC(N)CC2)c1C. The van der Waals surface area contributed by atoms with Crippen molar-refractivity contribution in [3.8, 4) is 0 Å². The zero-order valence-corrected chi connectivity index (χ0v) is 10.4. The number of likely N-dealkylation sites (tertiary alicyclic amines) is 1. The first kappa shape index (κ1) is 11.6. The number of piperidine rings is 1. The van der Waals surface area contributed by atoms with Crippen molar-refractivity contribution in [3.05, 3.63) is 34.9 Å². The fourth-order valence-electron chi connectivity index (χ4n) is 2.34. The summed E-state index contributed by atoms with van der Waals surface area (Å²) in [6.45, 7) is 7.79. The van der Waals surface area contributed by atoms with E-state index in [1.165, 1.54) is 16.7 Å². The lowest BCUT2D eigenvalue weighted by Crippen LogP contribution is -2.39. The minimum absolute atomic E-state index is 0.426. The first-order valence-electron chi connectivity index (χ1n) is 6.20. The molecule has 0 aromatic heterocycles. The molecule has 16 heavy (non-hydrogen) atoms. The molecule has 0 amide bonds. The first-order chi connectivity index (χ1) is 7.66. The van der Waals surface area contributed by atoms with E-state index in [0.29, 0.717) is 6.04 Å². The van der Waals surface area contributed by atoms with Gasteiger partial charge in [0.15, 0.2) is 0 Å². The van der Waals surface area contributed by atoms with Crippen LogP contribution in [0.3, 0.4) is 0 Å². The van der Waals surface area contributed by atoms with Gasteiger partial charge in [0.1, 0.15) is 0 Å². The number of hydrogen-bond acceptors (Lipinski definition) is 2. The molecular weight excluding hydrogens is 196 g/mol. The molecule has 1 aromatic carbocycles. The molecule has 0 saturated carbocycles. The summed E-state index contributed by atoms with van der Waals surface area (Å²) < 4.78 is 0. The van der Waals surface area contributed by atoms with Crippen LogP contribution in [0.4, 0.5) is 0 Å². The van der Waals surface area contributed by atoms with Crippen molar-refractivity contribution in [2.75, 3.05) is 13.1 Å². The smallest absolute Gasteiger partial charge is 0.0236 e. The Kier molecular flexibility index (Phi) is 3.62. The monoisotopic (exact) mass is 218 g/mol. The maximum absolute atomic E-state index is 5.92. The predicted octanol–water partition coefficient (Wildman–Crippen LogP) is 2.23. The van der Waals surface area contributed by atoms with Gasteiger partial charge in [0.25, 0.3) is 0 Å². The van der Waals surface area contributed by atoms with Gasteiger partial charge in [0, 0.05) is 12.6 Å². The van der Waals surface area contributed by atoms with Crippen LogP contribution in [-0.2, 0) is 6.54 Å². The Balaban J connectivity index is 2.01. The largest absolute Gasteiger partial charge is 0.328 e. The van der Waals surface area contributed by atoms with Crippen LogP contribution >= 0.6 is 0 Å². The number of nitrogens with zero attached hydrogens (tertiary/aromatic N) is 1. The van der Waals surface area contributed by atoms with Gasteiger partial charge in [0.2, 0.25) is 0 Å². The second-order valence-corrected chi connectivity index (χ2v) is 4.97. The quantitative estimate of drug-likeness (QED) is 0.825. The minimum Gasteiger partial charge on any atom is -0.328 e. The Hall–Kier alpha value is -0.860. The van der Waals surface area contributed by atoms with Crippen LogP contribution in [-0.4, -0.2) is 24.0 Å². The Morgan fingerprint density at radius 1 is 1.25 bits per heavy atom. The van der Waals surface area contributed by atoms with Crippen LogP contribution in [0.2, 0.25) is 0 Å². The standard InChI is InChI=1S/C14H22N2/c1-11-4-3-5-13(12(11)2)10-16-8-6-14(15)7-9-16/h3-5,14H,6-10,15H2,1-2H3. The lowest BCUT2D eigenvalue weighted by atomic mass is 10.0. The Morgan fingerprint density at radius 3 is 2.62 bits per heavy atom. The third-order valence-electron chi connectivity index (χ3n) is 3.74. The molecule has 1 fully saturated rings. The Bertz CT molecular complexity index is 352. The second-order valence-electron chi connectivity index (χ2n) is 4.97. The van der Waals surface area contributed by atoms with Crippen molar-refractivity contribution < 1.29 is 0 Å². The number of nitrogens with two attached hydrogens (primary N) is 1. The first-order valence-corrected chi connectivity index (χ1v) is 6.20. The topological polar surface area (TPSA) is 29.3 Å². The van der Waals surface area contributed by atoms with Crippen molar-refractivity contribution in [2.24, 2.45) is 5.73 Å². The maximum atomic E-state index is 5.92. The third kappa shape index (κ3) is 2.63. The Morgan fingerprint density at radius 2 is 1.94 bits per heavy atom. The highest BCUT2D eigenvalue weighted by Gasteiger charge is 2.16. The fourth-order valence-corrected chi connectivity index (χ4v) is 2.34. The highest BCUT2D eigenvalue weighted by Crippen LogP contribution is 2.17. The molecule has 1 aromatic rings. The summed E-state index contributed by atoms with van der Waals surface area (Å²) in [7, 11) is 0. The lowest BCUT2D eigenvalue weighted by Gasteiger charge is -2.30. The number of benzene rings is 1. The molecule has 0 bridgehead atoms. The lowest BCUT2D eigenvalue weighted by molar-refractivity contribution is 0.205. The van der Waals surface area contributed by atoms with Crippen LogP contribution in [0.1, 0.15) is 29.5 Å². The molecule has 2 heteroatoms. The summed E-state index contributed by atoms with van der Waals surface area (Å²) in [5.74, 6) is 0. The van der Waals surface area contributed by atoms with Gasteiger partial charge in [-0.2, -0.15) is 0 Å². The summed E-state index contributed by atoms with van der Waals surface area (Å²) in [5, 5.41) is 0. The zero-order chi connectivity index (χ0) is 11.5. The van der Waals surface area contributed by atoms with E-state index in [-0.39, 0.29) is 0 Å². The summed E-state index contributed by atoms with van der Waals surface area (Å²) >= 11 is 0. The van der Waals surface area contributed by atoms with E-state index < -0.39 is 0 Å². The van der Waals surface area contributed by atoms with Crippen LogP contribution in [0.15, 0.2) is 18.2 Å². The average Bonchev–Trinajstić information content (AvgIpc) is 2.28. The maximum Gasteiger partial charge on any atom is 0.0236 e. The molecule has 2 nitrogen and oxygen atoms in total. The molecular formula is C14H22N2. The molecule has 0 atom stereocenters. The summed E-state index contributed by atoms with van der Waals surface area (Å²) in [6, 6.07) is 7.02. The summed E-state index contributed by atoms with van der Waals surface area (Å²) in [4.78, 5) is 2.52. The molecule has 1 heterocycles. The van der Waals surface area contributed by atoms with Crippen molar-refractivity contribution in [3.63, 3.8) is 0 Å². The van der Waals surface area contributed by atoms with Gasteiger partial charge in [-0.15, -0.1) is 0 Å². The van der Waals surface area contributed by atoms with Crippen molar-refractivity contribution in [1.29, 1.82) is 0 Å². The van der Waals surface area contributed by atoms with Gasteiger partial charge >= 0.3 is 0 Å². The van der Waals surface area contributed by atoms with Crippen LogP contribution in [0.25, 0.3) is 0 Å². The molecule has 0 aliphatic carbocycles. The fraction of sp³-hybridized carbons (Fsp3) is 0.571. The van der Waals surface area contributed by atoms with Gasteiger partial charge < -0.3 is 5.73 Å². The third-order valence-corrected chi connectivity index (χ3v) is 3.74. The van der Waals surface area contributed by atoms with E-state index in [2.05, 4.69) is 36.9 Å². The average molecular weight is 218 g/mol. The van der Waals surface area contributed by atoms with E-state index in [1.807, 2.05) is 0 Å².